The molecule has 0 bridgehead atoms. The van der Waals surface area contributed by atoms with E-state index in [1.165, 1.54) is 47.0 Å². The lowest BCUT2D eigenvalue weighted by molar-refractivity contribution is -0.385. The van der Waals surface area contributed by atoms with E-state index >= 15 is 0 Å². The molecule has 4 rings (SSSR count). The van der Waals surface area contributed by atoms with Gasteiger partial charge in [0, 0.05) is 0 Å². The Labute approximate surface area is 145 Å². The van der Waals surface area contributed by atoms with Crippen LogP contribution in [0, 0.1) is 15.9 Å². The van der Waals surface area contributed by atoms with Gasteiger partial charge in [-0.15, -0.1) is 11.8 Å². The van der Waals surface area contributed by atoms with Crippen LogP contribution in [-0.2, 0) is 4.79 Å². The number of carbonyl (C=O) groups excluding carboxylic acids is 1. The van der Waals surface area contributed by atoms with Crippen molar-refractivity contribution in [1.29, 1.82) is 0 Å². The van der Waals surface area contributed by atoms with Gasteiger partial charge >= 0.3 is 0 Å². The van der Waals surface area contributed by atoms with Crippen LogP contribution in [0.4, 0.5) is 15.8 Å². The predicted octanol–water partition coefficient (Wildman–Crippen LogP) is 3.24. The second kappa shape index (κ2) is 5.92. The van der Waals surface area contributed by atoms with E-state index < -0.39 is 16.1 Å². The lowest BCUT2D eigenvalue weighted by atomic mass is 10.1. The average Bonchev–Trinajstić information content (AvgIpc) is 3.20. The van der Waals surface area contributed by atoms with Gasteiger partial charge in [0.15, 0.2) is 11.5 Å². The van der Waals surface area contributed by atoms with E-state index in [9.17, 15) is 19.3 Å². The van der Waals surface area contributed by atoms with Crippen LogP contribution in [0.3, 0.4) is 0 Å². The number of rotatable bonds is 3. The summed E-state index contributed by atoms with van der Waals surface area (Å²) in [6.45, 7) is -0.0241. The monoisotopic (exact) mass is 362 g/mol. The number of benzene rings is 2. The van der Waals surface area contributed by atoms with Crippen molar-refractivity contribution in [3.8, 4) is 11.5 Å². The number of halogens is 1. The van der Waals surface area contributed by atoms with E-state index in [1.54, 1.807) is 6.07 Å². The second-order valence-corrected chi connectivity index (χ2v) is 6.47. The first-order valence-corrected chi connectivity index (χ1v) is 8.37. The molecule has 2 aromatic carbocycles. The zero-order chi connectivity index (χ0) is 17.6. The van der Waals surface area contributed by atoms with Gasteiger partial charge in [0.1, 0.15) is 11.2 Å². The van der Waals surface area contributed by atoms with Crippen LogP contribution in [0.1, 0.15) is 10.9 Å². The minimum atomic E-state index is -0.723. The van der Waals surface area contributed by atoms with Crippen molar-refractivity contribution in [2.24, 2.45) is 0 Å². The normalized spacial score (nSPS) is 18.7. The first-order chi connectivity index (χ1) is 12.1. The van der Waals surface area contributed by atoms with Gasteiger partial charge in [0.25, 0.3) is 5.69 Å². The maximum absolute atomic E-state index is 14.2. The molecule has 2 aliphatic heterocycles. The summed E-state index contributed by atoms with van der Waals surface area (Å²) in [5.41, 5.74) is 0.167. The Hall–Kier alpha value is -2.81. The summed E-state index contributed by atoms with van der Waals surface area (Å²) < 4.78 is 24.7. The van der Waals surface area contributed by atoms with Crippen molar-refractivity contribution in [1.82, 2.24) is 0 Å². The van der Waals surface area contributed by atoms with E-state index in [2.05, 4.69) is 0 Å². The fourth-order valence-electron chi connectivity index (χ4n) is 2.86. The molecule has 9 heteroatoms. The summed E-state index contributed by atoms with van der Waals surface area (Å²) >= 11 is 1.20. The summed E-state index contributed by atoms with van der Waals surface area (Å²) in [4.78, 5) is 24.5. The largest absolute Gasteiger partial charge is 0.454 e. The summed E-state index contributed by atoms with van der Waals surface area (Å²) in [5, 5.41) is 10.8. The Morgan fingerprint density at radius 2 is 1.96 bits per heavy atom. The molecule has 1 amide bonds. The fraction of sp³-hybridized carbons (Fsp3) is 0.188. The van der Waals surface area contributed by atoms with Crippen LogP contribution in [0.5, 0.6) is 11.5 Å². The number of nitro benzene ring substituents is 1. The van der Waals surface area contributed by atoms with Crippen LogP contribution in [0.2, 0.25) is 0 Å². The second-order valence-electron chi connectivity index (χ2n) is 5.40. The van der Waals surface area contributed by atoms with Gasteiger partial charge in [0.2, 0.25) is 12.7 Å². The van der Waals surface area contributed by atoms with Crippen molar-refractivity contribution in [2.45, 2.75) is 5.37 Å². The molecule has 0 unspecified atom stereocenters. The van der Waals surface area contributed by atoms with Crippen LogP contribution in [0.25, 0.3) is 0 Å². The molecule has 2 aromatic rings. The zero-order valence-electron chi connectivity index (χ0n) is 12.7. The Morgan fingerprint density at radius 1 is 1.24 bits per heavy atom. The standard InChI is InChI=1S/C16H11FN2O5S/c17-10-3-1-2-4-11(10)18-15(20)7-25-16(18)9-5-13-14(24-8-23-13)6-12(9)19(21)22/h1-6,16H,7-8H2/t16-/m0/s1. The van der Waals surface area contributed by atoms with Gasteiger partial charge < -0.3 is 9.47 Å². The molecular formula is C16H11FN2O5S. The summed E-state index contributed by atoms with van der Waals surface area (Å²) in [6.07, 6.45) is 0. The lowest BCUT2D eigenvalue weighted by Crippen LogP contribution is -2.29. The third kappa shape index (κ3) is 2.56. The molecule has 1 atom stereocenters. The Bertz CT molecular complexity index is 891. The number of hydrogen-bond acceptors (Lipinski definition) is 6. The molecule has 0 radical (unpaired) electrons. The number of ether oxygens (including phenoxy) is 2. The molecule has 2 aliphatic rings. The van der Waals surface area contributed by atoms with E-state index in [4.69, 9.17) is 9.47 Å². The molecule has 128 valence electrons. The predicted molar refractivity (Wildman–Crippen MR) is 88.3 cm³/mol. The maximum Gasteiger partial charge on any atom is 0.279 e. The van der Waals surface area contributed by atoms with Gasteiger partial charge in [-0.3, -0.25) is 19.8 Å². The number of thioether (sulfide) groups is 1. The molecule has 0 N–H and O–H groups in total. The van der Waals surface area contributed by atoms with Gasteiger partial charge in [0.05, 0.1) is 28.0 Å². The molecule has 1 saturated heterocycles. The van der Waals surface area contributed by atoms with E-state index in [1.807, 2.05) is 0 Å². The third-order valence-electron chi connectivity index (χ3n) is 3.96. The average molecular weight is 362 g/mol. The minimum Gasteiger partial charge on any atom is -0.454 e. The summed E-state index contributed by atoms with van der Waals surface area (Å²) in [6, 6.07) is 8.62. The Balaban J connectivity index is 1.85. The Morgan fingerprint density at radius 3 is 2.68 bits per heavy atom. The molecule has 0 aromatic heterocycles. The van der Waals surface area contributed by atoms with Crippen molar-refractivity contribution in [2.75, 3.05) is 17.4 Å². The molecule has 0 saturated carbocycles. The first-order valence-electron chi connectivity index (χ1n) is 7.32. The highest BCUT2D eigenvalue weighted by molar-refractivity contribution is 8.00. The molecule has 0 aliphatic carbocycles. The van der Waals surface area contributed by atoms with Crippen LogP contribution in [-0.4, -0.2) is 23.4 Å². The van der Waals surface area contributed by atoms with Gasteiger partial charge in [-0.1, -0.05) is 12.1 Å². The maximum atomic E-state index is 14.2. The molecule has 2 heterocycles. The van der Waals surface area contributed by atoms with Crippen LogP contribution < -0.4 is 14.4 Å². The Kier molecular flexibility index (Phi) is 3.72. The van der Waals surface area contributed by atoms with Gasteiger partial charge in [-0.25, -0.2) is 4.39 Å². The number of nitro groups is 1. The van der Waals surface area contributed by atoms with E-state index in [-0.39, 0.29) is 41.1 Å². The third-order valence-corrected chi connectivity index (χ3v) is 5.16. The van der Waals surface area contributed by atoms with Crippen molar-refractivity contribution < 1.29 is 23.6 Å². The van der Waals surface area contributed by atoms with Crippen LogP contribution >= 0.6 is 11.8 Å². The molecule has 0 spiro atoms. The highest BCUT2D eigenvalue weighted by atomic mass is 32.2. The fourth-order valence-corrected chi connectivity index (χ4v) is 4.05. The van der Waals surface area contributed by atoms with E-state index in [0.29, 0.717) is 5.75 Å². The number of hydrogen-bond donors (Lipinski definition) is 0. The minimum absolute atomic E-state index is 0.0241. The quantitative estimate of drug-likeness (QED) is 0.616. The summed E-state index contributed by atoms with van der Waals surface area (Å²) in [7, 11) is 0. The zero-order valence-corrected chi connectivity index (χ0v) is 13.5. The van der Waals surface area contributed by atoms with Gasteiger partial charge in [-0.05, 0) is 18.2 Å². The molecule has 7 nitrogen and oxygen atoms in total. The molecule has 25 heavy (non-hydrogen) atoms. The van der Waals surface area contributed by atoms with Gasteiger partial charge in [-0.2, -0.15) is 0 Å². The highest BCUT2D eigenvalue weighted by Gasteiger charge is 2.40. The highest BCUT2D eigenvalue weighted by Crippen LogP contribution is 2.48. The molecule has 1 fully saturated rings. The SMILES string of the molecule is O=C1CS[C@@H](c2cc3c(cc2[N+](=O)[O-])OCO3)N1c1ccccc1F. The smallest absolute Gasteiger partial charge is 0.279 e. The number of anilines is 1. The molecular weight excluding hydrogens is 351 g/mol. The number of amides is 1. The van der Waals surface area contributed by atoms with Crippen molar-refractivity contribution in [3.05, 3.63) is 57.9 Å². The topological polar surface area (TPSA) is 81.9 Å². The number of para-hydroxylation sites is 1. The van der Waals surface area contributed by atoms with Crippen molar-refractivity contribution in [3.63, 3.8) is 0 Å². The van der Waals surface area contributed by atoms with Crippen molar-refractivity contribution >= 4 is 29.0 Å². The van der Waals surface area contributed by atoms with Crippen LogP contribution in [0.15, 0.2) is 36.4 Å². The lowest BCUT2D eigenvalue weighted by Gasteiger charge is -2.24. The summed E-state index contributed by atoms with van der Waals surface area (Å²) in [5.74, 6) is -0.125. The first kappa shape index (κ1) is 15.7. The number of nitrogens with zero attached hydrogens (tertiary/aromatic N) is 2. The number of fused-ring (bicyclic) bond motifs is 1. The number of carbonyl (C=O) groups is 1. The van der Waals surface area contributed by atoms with E-state index in [0.717, 1.165) is 0 Å².